The summed E-state index contributed by atoms with van der Waals surface area (Å²) in [5.74, 6) is 0.350. The monoisotopic (exact) mass is 395 g/mol. The van der Waals surface area contributed by atoms with Crippen LogP contribution in [0.2, 0.25) is 0 Å². The van der Waals surface area contributed by atoms with Crippen LogP contribution in [-0.2, 0) is 16.0 Å². The molecule has 0 spiro atoms. The molecule has 0 atom stereocenters. The molecule has 0 radical (unpaired) electrons. The lowest BCUT2D eigenvalue weighted by Crippen LogP contribution is -2.34. The minimum atomic E-state index is -0.326. The predicted octanol–water partition coefficient (Wildman–Crippen LogP) is 3.61. The van der Waals surface area contributed by atoms with Gasteiger partial charge in [-0.3, -0.25) is 4.79 Å². The second-order valence-electron chi connectivity index (χ2n) is 6.33. The van der Waals surface area contributed by atoms with Gasteiger partial charge in [0, 0.05) is 38.3 Å². The van der Waals surface area contributed by atoms with Crippen LogP contribution < -0.4 is 0 Å². The van der Waals surface area contributed by atoms with Crippen LogP contribution in [0.15, 0.2) is 65.2 Å². The van der Waals surface area contributed by atoms with Crippen molar-refractivity contribution in [1.82, 2.24) is 15.0 Å². The molecule has 0 unspecified atom stereocenters. The van der Waals surface area contributed by atoms with Crippen molar-refractivity contribution in [3.05, 3.63) is 77.9 Å². The SMILES string of the molecule is COCCN(CCc1nc(-c2ccc(F)cc2)no1)C(=O)/C=C/c1ccccc1. The average molecular weight is 395 g/mol. The van der Waals surface area contributed by atoms with E-state index in [0.29, 0.717) is 43.4 Å². The zero-order chi connectivity index (χ0) is 20.5. The largest absolute Gasteiger partial charge is 0.383 e. The number of hydrogen-bond acceptors (Lipinski definition) is 5. The number of carbonyl (C=O) groups is 1. The Bertz CT molecular complexity index is 939. The first-order valence-corrected chi connectivity index (χ1v) is 9.25. The number of amides is 1. The fourth-order valence-corrected chi connectivity index (χ4v) is 2.67. The van der Waals surface area contributed by atoms with Crippen LogP contribution in [0, 0.1) is 5.82 Å². The van der Waals surface area contributed by atoms with Gasteiger partial charge >= 0.3 is 0 Å². The fourth-order valence-electron chi connectivity index (χ4n) is 2.67. The molecule has 2 aromatic carbocycles. The number of halogens is 1. The maximum absolute atomic E-state index is 13.0. The topological polar surface area (TPSA) is 68.5 Å². The van der Waals surface area contributed by atoms with Gasteiger partial charge in [-0.05, 0) is 35.9 Å². The van der Waals surface area contributed by atoms with E-state index in [0.717, 1.165) is 5.56 Å². The molecule has 6 nitrogen and oxygen atoms in total. The molecule has 0 N–H and O–H groups in total. The Morgan fingerprint density at radius 1 is 1.14 bits per heavy atom. The summed E-state index contributed by atoms with van der Waals surface area (Å²) < 4.78 is 23.4. The third-order valence-corrected chi connectivity index (χ3v) is 4.26. The second-order valence-corrected chi connectivity index (χ2v) is 6.33. The molecule has 3 rings (SSSR count). The molecule has 0 fully saturated rings. The Balaban J connectivity index is 1.62. The van der Waals surface area contributed by atoms with Crippen molar-refractivity contribution >= 4 is 12.0 Å². The van der Waals surface area contributed by atoms with Crippen molar-refractivity contribution in [2.24, 2.45) is 0 Å². The molecular weight excluding hydrogens is 373 g/mol. The van der Waals surface area contributed by atoms with Gasteiger partial charge in [-0.1, -0.05) is 35.5 Å². The third-order valence-electron chi connectivity index (χ3n) is 4.26. The van der Waals surface area contributed by atoms with Gasteiger partial charge in [0.15, 0.2) is 0 Å². The lowest BCUT2D eigenvalue weighted by Gasteiger charge is -2.20. The summed E-state index contributed by atoms with van der Waals surface area (Å²) >= 11 is 0. The van der Waals surface area contributed by atoms with Crippen LogP contribution in [0.3, 0.4) is 0 Å². The van der Waals surface area contributed by atoms with Gasteiger partial charge in [0.25, 0.3) is 0 Å². The van der Waals surface area contributed by atoms with E-state index < -0.39 is 0 Å². The van der Waals surface area contributed by atoms with Gasteiger partial charge in [0.05, 0.1) is 6.61 Å². The minimum absolute atomic E-state index is 0.121. The van der Waals surface area contributed by atoms with Crippen LogP contribution in [0.4, 0.5) is 4.39 Å². The number of aromatic nitrogens is 2. The highest BCUT2D eigenvalue weighted by atomic mass is 19.1. The quantitative estimate of drug-likeness (QED) is 0.518. The summed E-state index contributed by atoms with van der Waals surface area (Å²) in [7, 11) is 1.59. The number of nitrogens with zero attached hydrogens (tertiary/aromatic N) is 3. The number of benzene rings is 2. The van der Waals surface area contributed by atoms with Gasteiger partial charge in [0.2, 0.25) is 17.6 Å². The average Bonchev–Trinajstić information content (AvgIpc) is 3.22. The van der Waals surface area contributed by atoms with E-state index in [9.17, 15) is 9.18 Å². The van der Waals surface area contributed by atoms with E-state index in [1.165, 1.54) is 12.1 Å². The Hall–Kier alpha value is -3.32. The normalized spacial score (nSPS) is 11.1. The zero-order valence-electron chi connectivity index (χ0n) is 16.1. The Kier molecular flexibility index (Phi) is 7.24. The van der Waals surface area contributed by atoms with E-state index in [-0.39, 0.29) is 11.7 Å². The van der Waals surface area contributed by atoms with Crippen LogP contribution in [0.25, 0.3) is 17.5 Å². The molecule has 3 aromatic rings. The lowest BCUT2D eigenvalue weighted by molar-refractivity contribution is -0.126. The maximum atomic E-state index is 13.0. The van der Waals surface area contributed by atoms with Crippen molar-refractivity contribution in [2.75, 3.05) is 26.8 Å². The number of rotatable bonds is 9. The summed E-state index contributed by atoms with van der Waals surface area (Å²) in [6.45, 7) is 1.29. The molecule has 0 aliphatic carbocycles. The van der Waals surface area contributed by atoms with Gasteiger partial charge in [0.1, 0.15) is 5.82 Å². The molecule has 150 valence electrons. The number of carbonyl (C=O) groups excluding carboxylic acids is 1. The smallest absolute Gasteiger partial charge is 0.246 e. The Labute approximate surface area is 168 Å². The van der Waals surface area contributed by atoms with E-state index in [4.69, 9.17) is 9.26 Å². The number of hydrogen-bond donors (Lipinski definition) is 0. The molecule has 1 amide bonds. The predicted molar refractivity (Wildman–Crippen MR) is 107 cm³/mol. The van der Waals surface area contributed by atoms with Crippen LogP contribution in [0.1, 0.15) is 11.5 Å². The summed E-state index contributed by atoms with van der Waals surface area (Å²) in [6.07, 6.45) is 3.73. The Morgan fingerprint density at radius 2 is 1.90 bits per heavy atom. The van der Waals surface area contributed by atoms with E-state index in [1.807, 2.05) is 30.3 Å². The van der Waals surface area contributed by atoms with Gasteiger partial charge in [-0.15, -0.1) is 0 Å². The highest BCUT2D eigenvalue weighted by molar-refractivity contribution is 5.91. The van der Waals surface area contributed by atoms with Gasteiger partial charge in [-0.25, -0.2) is 4.39 Å². The van der Waals surface area contributed by atoms with E-state index in [1.54, 1.807) is 36.3 Å². The standard InChI is InChI=1S/C22H22FN3O3/c1-28-16-15-26(21(27)12-7-17-5-3-2-4-6-17)14-13-20-24-22(25-29-20)18-8-10-19(23)11-9-18/h2-12H,13-16H2,1H3/b12-7+. The zero-order valence-corrected chi connectivity index (χ0v) is 16.1. The first kappa shape index (κ1) is 20.4. The highest BCUT2D eigenvalue weighted by Gasteiger charge is 2.14. The molecule has 0 bridgehead atoms. The molecule has 29 heavy (non-hydrogen) atoms. The summed E-state index contributed by atoms with van der Waals surface area (Å²) in [6, 6.07) is 15.5. The van der Waals surface area contributed by atoms with Crippen molar-refractivity contribution in [2.45, 2.75) is 6.42 Å². The Morgan fingerprint density at radius 3 is 2.62 bits per heavy atom. The van der Waals surface area contributed by atoms with Crippen molar-refractivity contribution in [3.63, 3.8) is 0 Å². The molecule has 0 aliphatic rings. The fraction of sp³-hybridized carbons (Fsp3) is 0.227. The first-order chi connectivity index (χ1) is 14.2. The summed E-state index contributed by atoms with van der Waals surface area (Å²) in [5, 5.41) is 3.93. The molecular formula is C22H22FN3O3. The van der Waals surface area contributed by atoms with Crippen molar-refractivity contribution in [3.8, 4) is 11.4 Å². The van der Waals surface area contributed by atoms with Crippen LogP contribution in [0.5, 0.6) is 0 Å². The lowest BCUT2D eigenvalue weighted by atomic mass is 10.2. The summed E-state index contributed by atoms with van der Waals surface area (Å²) in [5.41, 5.74) is 1.62. The van der Waals surface area contributed by atoms with Crippen molar-refractivity contribution in [1.29, 1.82) is 0 Å². The molecule has 1 aromatic heterocycles. The number of ether oxygens (including phenoxy) is 1. The first-order valence-electron chi connectivity index (χ1n) is 9.25. The number of methoxy groups -OCH3 is 1. The van der Waals surface area contributed by atoms with Gasteiger partial charge < -0.3 is 14.2 Å². The van der Waals surface area contributed by atoms with Crippen molar-refractivity contribution < 1.29 is 18.4 Å². The van der Waals surface area contributed by atoms with Crippen LogP contribution >= 0.6 is 0 Å². The second kappa shape index (κ2) is 10.3. The van der Waals surface area contributed by atoms with E-state index in [2.05, 4.69) is 10.1 Å². The van der Waals surface area contributed by atoms with E-state index >= 15 is 0 Å². The van der Waals surface area contributed by atoms with Crippen LogP contribution in [-0.4, -0.2) is 47.8 Å². The summed E-state index contributed by atoms with van der Waals surface area (Å²) in [4.78, 5) is 18.6. The molecule has 1 heterocycles. The minimum Gasteiger partial charge on any atom is -0.383 e. The molecule has 7 heteroatoms. The molecule has 0 saturated carbocycles. The third kappa shape index (κ3) is 6.08. The maximum Gasteiger partial charge on any atom is 0.246 e. The highest BCUT2D eigenvalue weighted by Crippen LogP contribution is 2.16. The van der Waals surface area contributed by atoms with Gasteiger partial charge in [-0.2, -0.15) is 4.98 Å². The molecule has 0 aliphatic heterocycles. The molecule has 0 saturated heterocycles.